The Morgan fingerprint density at radius 3 is 2.89 bits per heavy atom. The second kappa shape index (κ2) is 4.91. The second-order valence-corrected chi connectivity index (χ2v) is 6.19. The van der Waals surface area contributed by atoms with E-state index in [0.717, 1.165) is 29.5 Å². The average molecular weight is 322 g/mol. The second-order valence-electron chi connectivity index (χ2n) is 5.28. The summed E-state index contributed by atoms with van der Waals surface area (Å²) < 4.78 is 3.46. The molecule has 3 rings (SSSR count). The lowest BCUT2D eigenvalue weighted by Gasteiger charge is -2.28. The highest BCUT2D eigenvalue weighted by atomic mass is 79.9. The Bertz CT molecular complexity index is 597. The number of imidazole rings is 1. The molecule has 0 bridgehead atoms. The van der Waals surface area contributed by atoms with Crippen LogP contribution in [0.15, 0.2) is 22.7 Å². The third-order valence-electron chi connectivity index (χ3n) is 4.30. The maximum Gasteiger partial charge on any atom is 0.130 e. The maximum atomic E-state index is 4.94. The molecule has 0 amide bonds. The molecule has 0 spiro atoms. The molecule has 1 fully saturated rings. The number of nitrogens with one attached hydrogen (secondary N) is 1. The molecular weight excluding hydrogens is 302 g/mol. The van der Waals surface area contributed by atoms with Crippen LogP contribution >= 0.6 is 15.9 Å². The molecule has 2 heterocycles. The van der Waals surface area contributed by atoms with E-state index in [4.69, 9.17) is 4.98 Å². The van der Waals surface area contributed by atoms with Gasteiger partial charge in [0.1, 0.15) is 5.82 Å². The summed E-state index contributed by atoms with van der Waals surface area (Å²) >= 11 is 3.54. The first-order valence-electron chi connectivity index (χ1n) is 7.11. The predicted octanol–water partition coefficient (Wildman–Crippen LogP) is 3.81. The van der Waals surface area contributed by atoms with Crippen LogP contribution in [0.1, 0.15) is 38.9 Å². The largest absolute Gasteiger partial charge is 0.327 e. The summed E-state index contributed by atoms with van der Waals surface area (Å²) in [6.07, 6.45) is 3.52. The standard InChI is InChI=1S/C15H20BrN3/c1-3-15(8-5-9-17-15)14-18-12-10-11(16)6-7-13(12)19(14)4-2/h6-7,10,17H,3-5,8-9H2,1-2H3. The summed E-state index contributed by atoms with van der Waals surface area (Å²) in [5.74, 6) is 1.21. The van der Waals surface area contributed by atoms with Gasteiger partial charge in [-0.2, -0.15) is 0 Å². The van der Waals surface area contributed by atoms with Crippen molar-refractivity contribution in [1.82, 2.24) is 14.9 Å². The molecule has 1 aliphatic rings. The van der Waals surface area contributed by atoms with Gasteiger partial charge in [-0.15, -0.1) is 0 Å². The number of fused-ring (bicyclic) bond motifs is 1. The average Bonchev–Trinajstić information content (AvgIpc) is 3.02. The smallest absolute Gasteiger partial charge is 0.130 e. The van der Waals surface area contributed by atoms with Gasteiger partial charge in [0.15, 0.2) is 0 Å². The molecule has 1 unspecified atom stereocenters. The lowest BCUT2D eigenvalue weighted by atomic mass is 9.93. The zero-order valence-electron chi connectivity index (χ0n) is 11.5. The van der Waals surface area contributed by atoms with Gasteiger partial charge in [-0.05, 0) is 50.9 Å². The van der Waals surface area contributed by atoms with Crippen molar-refractivity contribution >= 4 is 27.0 Å². The van der Waals surface area contributed by atoms with Crippen molar-refractivity contribution in [3.05, 3.63) is 28.5 Å². The van der Waals surface area contributed by atoms with Crippen LogP contribution in [0.2, 0.25) is 0 Å². The third kappa shape index (κ3) is 2.01. The Morgan fingerprint density at radius 1 is 1.42 bits per heavy atom. The van der Waals surface area contributed by atoms with Crippen LogP contribution in [-0.4, -0.2) is 16.1 Å². The van der Waals surface area contributed by atoms with Crippen LogP contribution in [0.25, 0.3) is 11.0 Å². The first kappa shape index (κ1) is 13.1. The molecule has 0 radical (unpaired) electrons. The maximum absolute atomic E-state index is 4.94. The van der Waals surface area contributed by atoms with E-state index in [1.807, 2.05) is 0 Å². The fraction of sp³-hybridized carbons (Fsp3) is 0.533. The summed E-state index contributed by atoms with van der Waals surface area (Å²) in [5, 5.41) is 3.69. The van der Waals surface area contributed by atoms with Gasteiger partial charge >= 0.3 is 0 Å². The minimum atomic E-state index is 0.0709. The van der Waals surface area contributed by atoms with Crippen LogP contribution < -0.4 is 5.32 Å². The van der Waals surface area contributed by atoms with Gasteiger partial charge in [0.05, 0.1) is 16.6 Å². The zero-order chi connectivity index (χ0) is 13.5. The van der Waals surface area contributed by atoms with E-state index >= 15 is 0 Å². The quantitative estimate of drug-likeness (QED) is 0.931. The normalized spacial score (nSPS) is 23.3. The van der Waals surface area contributed by atoms with E-state index in [1.165, 1.54) is 24.2 Å². The highest BCUT2D eigenvalue weighted by Gasteiger charge is 2.37. The summed E-state index contributed by atoms with van der Waals surface area (Å²) in [6, 6.07) is 6.38. The minimum Gasteiger partial charge on any atom is -0.327 e. The Kier molecular flexibility index (Phi) is 3.39. The Balaban J connectivity index is 2.22. The van der Waals surface area contributed by atoms with Crippen LogP contribution in [0.3, 0.4) is 0 Å². The minimum absolute atomic E-state index is 0.0709. The summed E-state index contributed by atoms with van der Waals surface area (Å²) in [7, 11) is 0. The van der Waals surface area contributed by atoms with Gasteiger partial charge in [0.25, 0.3) is 0 Å². The van der Waals surface area contributed by atoms with Crippen LogP contribution in [0.4, 0.5) is 0 Å². The third-order valence-corrected chi connectivity index (χ3v) is 4.80. The van der Waals surface area contributed by atoms with Crippen molar-refractivity contribution in [1.29, 1.82) is 0 Å². The monoisotopic (exact) mass is 321 g/mol. The molecule has 0 saturated carbocycles. The lowest BCUT2D eigenvalue weighted by Crippen LogP contribution is -2.38. The number of rotatable bonds is 3. The molecule has 1 aromatic heterocycles. The molecule has 2 aromatic rings. The van der Waals surface area contributed by atoms with Crippen molar-refractivity contribution in [3.8, 4) is 0 Å². The zero-order valence-corrected chi connectivity index (χ0v) is 13.1. The number of nitrogens with zero attached hydrogens (tertiary/aromatic N) is 2. The summed E-state index contributed by atoms with van der Waals surface area (Å²) in [5.41, 5.74) is 2.40. The van der Waals surface area contributed by atoms with Crippen LogP contribution in [0.5, 0.6) is 0 Å². The molecular formula is C15H20BrN3. The van der Waals surface area contributed by atoms with Crippen molar-refractivity contribution in [2.24, 2.45) is 0 Å². The highest BCUT2D eigenvalue weighted by Crippen LogP contribution is 2.35. The molecule has 1 aromatic carbocycles. The first-order chi connectivity index (χ1) is 9.20. The topological polar surface area (TPSA) is 29.9 Å². The van der Waals surface area contributed by atoms with E-state index in [0.29, 0.717) is 0 Å². The van der Waals surface area contributed by atoms with Gasteiger partial charge in [-0.3, -0.25) is 0 Å². The number of benzene rings is 1. The van der Waals surface area contributed by atoms with E-state index in [1.54, 1.807) is 0 Å². The van der Waals surface area contributed by atoms with E-state index < -0.39 is 0 Å². The Morgan fingerprint density at radius 2 is 2.26 bits per heavy atom. The van der Waals surface area contributed by atoms with Crippen molar-refractivity contribution in [2.45, 2.75) is 45.2 Å². The van der Waals surface area contributed by atoms with Crippen molar-refractivity contribution in [3.63, 3.8) is 0 Å². The van der Waals surface area contributed by atoms with Gasteiger partial charge in [0.2, 0.25) is 0 Å². The molecule has 1 N–H and O–H groups in total. The first-order valence-corrected chi connectivity index (χ1v) is 7.91. The molecule has 102 valence electrons. The number of aromatic nitrogens is 2. The lowest BCUT2D eigenvalue weighted by molar-refractivity contribution is 0.341. The van der Waals surface area contributed by atoms with E-state index in [9.17, 15) is 0 Å². The van der Waals surface area contributed by atoms with Crippen molar-refractivity contribution in [2.75, 3.05) is 6.54 Å². The molecule has 1 saturated heterocycles. The van der Waals surface area contributed by atoms with Gasteiger partial charge in [-0.25, -0.2) is 4.98 Å². The molecule has 0 aliphatic carbocycles. The highest BCUT2D eigenvalue weighted by molar-refractivity contribution is 9.10. The van der Waals surface area contributed by atoms with E-state index in [2.05, 4.69) is 57.9 Å². The Labute approximate surface area is 122 Å². The molecule has 3 nitrogen and oxygen atoms in total. The predicted molar refractivity (Wildman–Crippen MR) is 82.3 cm³/mol. The molecule has 1 atom stereocenters. The number of halogens is 1. The van der Waals surface area contributed by atoms with Gasteiger partial charge in [-0.1, -0.05) is 22.9 Å². The Hall–Kier alpha value is -0.870. The molecule has 1 aliphatic heterocycles. The van der Waals surface area contributed by atoms with Crippen LogP contribution in [-0.2, 0) is 12.1 Å². The fourth-order valence-corrected chi connectivity index (χ4v) is 3.59. The van der Waals surface area contributed by atoms with Crippen LogP contribution in [0, 0.1) is 0 Å². The summed E-state index contributed by atoms with van der Waals surface area (Å²) in [4.78, 5) is 4.94. The molecule has 4 heteroatoms. The number of hydrogen-bond acceptors (Lipinski definition) is 2. The molecule has 19 heavy (non-hydrogen) atoms. The van der Waals surface area contributed by atoms with Gasteiger partial charge in [0, 0.05) is 11.0 Å². The van der Waals surface area contributed by atoms with E-state index in [-0.39, 0.29) is 5.54 Å². The number of aryl methyl sites for hydroxylation is 1. The van der Waals surface area contributed by atoms with Gasteiger partial charge < -0.3 is 9.88 Å². The summed E-state index contributed by atoms with van der Waals surface area (Å²) in [6.45, 7) is 6.53. The fourth-order valence-electron chi connectivity index (χ4n) is 3.25. The SMILES string of the molecule is CCn1c(C2(CC)CCCN2)nc2cc(Br)ccc21. The number of hydrogen-bond donors (Lipinski definition) is 1. The van der Waals surface area contributed by atoms with Crippen molar-refractivity contribution < 1.29 is 0 Å².